The molecular formula is C21H38O2Si. The Morgan fingerprint density at radius 2 is 1.33 bits per heavy atom. The summed E-state index contributed by atoms with van der Waals surface area (Å²) in [6, 6.07) is 0. The lowest BCUT2D eigenvalue weighted by Crippen LogP contribution is -2.28. The molecule has 0 amide bonds. The third kappa shape index (κ3) is 19.0. The molecule has 0 aliphatic carbocycles. The molecule has 0 saturated heterocycles. The van der Waals surface area contributed by atoms with Crippen LogP contribution >= 0.6 is 0 Å². The Morgan fingerprint density at radius 3 is 1.96 bits per heavy atom. The molecule has 0 fully saturated rings. The van der Waals surface area contributed by atoms with Crippen LogP contribution in [0, 0.1) is 0 Å². The molecule has 0 bridgehead atoms. The van der Waals surface area contributed by atoms with Gasteiger partial charge in [-0.1, -0.05) is 75.5 Å². The van der Waals surface area contributed by atoms with Crippen molar-refractivity contribution in [1.29, 1.82) is 0 Å². The van der Waals surface area contributed by atoms with Gasteiger partial charge in [0.2, 0.25) is 8.32 Å². The number of hydrogen-bond acceptors (Lipinski definition) is 2. The molecule has 0 aliphatic rings. The van der Waals surface area contributed by atoms with Crippen molar-refractivity contribution in [1.82, 2.24) is 0 Å². The van der Waals surface area contributed by atoms with Crippen LogP contribution in [0.2, 0.25) is 19.6 Å². The van der Waals surface area contributed by atoms with Crippen molar-refractivity contribution in [3.05, 3.63) is 36.5 Å². The number of carbonyl (C=O) groups excluding carboxylic acids is 1. The van der Waals surface area contributed by atoms with E-state index in [0.29, 0.717) is 6.42 Å². The summed E-state index contributed by atoms with van der Waals surface area (Å²) in [5.41, 5.74) is 0. The topological polar surface area (TPSA) is 26.3 Å². The van der Waals surface area contributed by atoms with E-state index >= 15 is 0 Å². The quantitative estimate of drug-likeness (QED) is 0.192. The van der Waals surface area contributed by atoms with E-state index in [9.17, 15) is 4.79 Å². The number of unbranched alkanes of at least 4 members (excludes halogenated alkanes) is 6. The van der Waals surface area contributed by atoms with Gasteiger partial charge in [-0.3, -0.25) is 4.79 Å². The van der Waals surface area contributed by atoms with Crippen LogP contribution in [0.4, 0.5) is 0 Å². The second-order valence-electron chi connectivity index (χ2n) is 7.23. The third-order valence-electron chi connectivity index (χ3n) is 3.47. The maximum absolute atomic E-state index is 11.5. The van der Waals surface area contributed by atoms with Crippen molar-refractivity contribution < 1.29 is 9.22 Å². The first-order valence-corrected chi connectivity index (χ1v) is 13.0. The fourth-order valence-electron chi connectivity index (χ4n) is 2.27. The first-order valence-electron chi connectivity index (χ1n) is 9.62. The highest BCUT2D eigenvalue weighted by molar-refractivity contribution is 6.71. The van der Waals surface area contributed by atoms with E-state index in [-0.39, 0.29) is 5.97 Å². The van der Waals surface area contributed by atoms with Gasteiger partial charge >= 0.3 is 0 Å². The van der Waals surface area contributed by atoms with Crippen LogP contribution in [0.5, 0.6) is 0 Å². The molecule has 0 N–H and O–H groups in total. The zero-order valence-corrected chi connectivity index (χ0v) is 17.4. The Kier molecular flexibility index (Phi) is 14.7. The summed E-state index contributed by atoms with van der Waals surface area (Å²) in [7, 11) is -1.73. The summed E-state index contributed by atoms with van der Waals surface area (Å²) in [5, 5.41) is 0. The summed E-state index contributed by atoms with van der Waals surface area (Å²) < 4.78 is 5.38. The van der Waals surface area contributed by atoms with Gasteiger partial charge in [-0.05, 0) is 45.3 Å². The van der Waals surface area contributed by atoms with Crippen LogP contribution in [0.15, 0.2) is 36.5 Å². The van der Waals surface area contributed by atoms with E-state index in [1.807, 2.05) is 31.8 Å². The van der Waals surface area contributed by atoms with Crippen molar-refractivity contribution in [2.45, 2.75) is 90.8 Å². The van der Waals surface area contributed by atoms with Gasteiger partial charge in [-0.2, -0.15) is 0 Å². The third-order valence-corrected chi connectivity index (χ3v) is 4.31. The SMILES string of the molecule is CCCCCCCC/C=C\C/C=C\C/C=C\CC(=O)O[Si](C)(C)C. The standard InChI is InChI=1S/C21H38O2Si/c1-5-6-7-8-9-10-11-12-13-14-15-16-17-18-19-20-21(22)23-24(2,3)4/h12-13,15-16,18-19H,5-11,14,17,20H2,1-4H3/b13-12-,16-15-,19-18-. The summed E-state index contributed by atoms with van der Waals surface area (Å²) >= 11 is 0. The molecule has 0 unspecified atom stereocenters. The van der Waals surface area contributed by atoms with Crippen LogP contribution in [0.25, 0.3) is 0 Å². The largest absolute Gasteiger partial charge is 0.520 e. The smallest absolute Gasteiger partial charge is 0.296 e. The van der Waals surface area contributed by atoms with E-state index in [2.05, 4.69) is 31.2 Å². The molecule has 0 atom stereocenters. The molecule has 0 aromatic heterocycles. The maximum atomic E-state index is 11.5. The Balaban J connectivity index is 3.50. The van der Waals surface area contributed by atoms with Crippen LogP contribution in [0.3, 0.4) is 0 Å². The van der Waals surface area contributed by atoms with Gasteiger partial charge in [-0.25, -0.2) is 0 Å². The Morgan fingerprint density at radius 1 is 0.792 bits per heavy atom. The maximum Gasteiger partial charge on any atom is 0.296 e. The number of hydrogen-bond donors (Lipinski definition) is 0. The lowest BCUT2D eigenvalue weighted by molar-refractivity contribution is -0.134. The van der Waals surface area contributed by atoms with Crippen molar-refractivity contribution >= 4 is 14.3 Å². The number of carbonyl (C=O) groups is 1. The number of rotatable bonds is 14. The fraction of sp³-hybridized carbons (Fsp3) is 0.667. The van der Waals surface area contributed by atoms with Gasteiger partial charge in [0.25, 0.3) is 5.97 Å². The van der Waals surface area contributed by atoms with Crippen LogP contribution in [-0.4, -0.2) is 14.3 Å². The Bertz CT molecular complexity index is 389. The first kappa shape index (κ1) is 22.9. The number of allylic oxidation sites excluding steroid dienone is 5. The predicted octanol–water partition coefficient (Wildman–Crippen LogP) is 6.95. The minimum atomic E-state index is -1.73. The van der Waals surface area contributed by atoms with E-state index in [1.54, 1.807) is 0 Å². The van der Waals surface area contributed by atoms with E-state index in [0.717, 1.165) is 12.8 Å². The molecular weight excluding hydrogens is 312 g/mol. The van der Waals surface area contributed by atoms with Gasteiger partial charge in [0.05, 0.1) is 6.42 Å². The second-order valence-corrected chi connectivity index (χ2v) is 11.7. The van der Waals surface area contributed by atoms with Crippen LogP contribution in [0.1, 0.15) is 71.1 Å². The van der Waals surface area contributed by atoms with E-state index in [4.69, 9.17) is 4.43 Å². The molecule has 0 rings (SSSR count). The molecule has 24 heavy (non-hydrogen) atoms. The van der Waals surface area contributed by atoms with E-state index < -0.39 is 8.32 Å². The van der Waals surface area contributed by atoms with Crippen molar-refractivity contribution in [3.63, 3.8) is 0 Å². The van der Waals surface area contributed by atoms with Gasteiger partial charge in [0.15, 0.2) is 0 Å². The zero-order valence-electron chi connectivity index (χ0n) is 16.4. The van der Waals surface area contributed by atoms with Crippen LogP contribution < -0.4 is 0 Å². The van der Waals surface area contributed by atoms with E-state index in [1.165, 1.54) is 44.9 Å². The van der Waals surface area contributed by atoms with Crippen molar-refractivity contribution in [2.75, 3.05) is 0 Å². The first-order chi connectivity index (χ1) is 11.5. The van der Waals surface area contributed by atoms with Crippen molar-refractivity contribution in [2.24, 2.45) is 0 Å². The highest BCUT2D eigenvalue weighted by Crippen LogP contribution is 2.07. The molecule has 0 aliphatic heterocycles. The highest BCUT2D eigenvalue weighted by atomic mass is 28.4. The normalized spacial score (nSPS) is 12.7. The summed E-state index contributed by atoms with van der Waals surface area (Å²) in [6.07, 6.45) is 24.5. The average Bonchev–Trinajstić information content (AvgIpc) is 2.49. The minimum Gasteiger partial charge on any atom is -0.520 e. The Hall–Kier alpha value is -1.09. The van der Waals surface area contributed by atoms with Crippen molar-refractivity contribution in [3.8, 4) is 0 Å². The fourth-order valence-corrected chi connectivity index (χ4v) is 3.03. The second kappa shape index (κ2) is 15.4. The molecule has 0 radical (unpaired) electrons. The molecule has 0 aromatic carbocycles. The summed E-state index contributed by atoms with van der Waals surface area (Å²) in [6.45, 7) is 8.33. The monoisotopic (exact) mass is 350 g/mol. The molecule has 0 saturated carbocycles. The summed E-state index contributed by atoms with van der Waals surface area (Å²) in [5.74, 6) is -0.105. The Labute approximate surface area is 151 Å². The van der Waals surface area contributed by atoms with Gasteiger partial charge in [0, 0.05) is 0 Å². The lowest BCUT2D eigenvalue weighted by atomic mass is 10.1. The molecule has 2 nitrogen and oxygen atoms in total. The highest BCUT2D eigenvalue weighted by Gasteiger charge is 2.18. The summed E-state index contributed by atoms with van der Waals surface area (Å²) in [4.78, 5) is 11.5. The lowest BCUT2D eigenvalue weighted by Gasteiger charge is -2.16. The van der Waals surface area contributed by atoms with Crippen LogP contribution in [-0.2, 0) is 9.22 Å². The molecule has 0 aromatic rings. The van der Waals surface area contributed by atoms with Gasteiger partial charge in [0.1, 0.15) is 0 Å². The predicted molar refractivity (Wildman–Crippen MR) is 109 cm³/mol. The van der Waals surface area contributed by atoms with Gasteiger partial charge in [-0.15, -0.1) is 0 Å². The molecule has 3 heteroatoms. The molecule has 138 valence electrons. The molecule has 0 spiro atoms. The van der Waals surface area contributed by atoms with Gasteiger partial charge < -0.3 is 4.43 Å². The minimum absolute atomic E-state index is 0.105. The zero-order chi connectivity index (χ0) is 18.1. The average molecular weight is 351 g/mol. The molecule has 0 heterocycles.